The Morgan fingerprint density at radius 3 is 2.64 bits per heavy atom. The number of benzene rings is 1. The van der Waals surface area contributed by atoms with Gasteiger partial charge >= 0.3 is 0 Å². The molecular formula is C11H13Br2N. The lowest BCUT2D eigenvalue weighted by Crippen LogP contribution is -2.17. The number of hydrogen-bond donors (Lipinski definition) is 1. The van der Waals surface area contributed by atoms with Crippen LogP contribution in [0.15, 0.2) is 27.1 Å². The van der Waals surface area contributed by atoms with Gasteiger partial charge in [0.15, 0.2) is 0 Å². The summed E-state index contributed by atoms with van der Waals surface area (Å²) in [6.07, 6.45) is 2.75. The van der Waals surface area contributed by atoms with Gasteiger partial charge in [0.1, 0.15) is 0 Å². The highest BCUT2D eigenvalue weighted by Crippen LogP contribution is 2.35. The zero-order valence-electron chi connectivity index (χ0n) is 8.06. The smallest absolute Gasteiger partial charge is 0.0487 e. The van der Waals surface area contributed by atoms with Crippen molar-refractivity contribution < 1.29 is 0 Å². The third-order valence-electron chi connectivity index (χ3n) is 2.64. The number of hydrogen-bond acceptors (Lipinski definition) is 1. The normalized spacial score (nSPS) is 17.9. The van der Waals surface area contributed by atoms with E-state index in [0.717, 1.165) is 14.9 Å². The van der Waals surface area contributed by atoms with E-state index in [4.69, 9.17) is 0 Å². The van der Waals surface area contributed by atoms with Gasteiger partial charge in [0.05, 0.1) is 0 Å². The molecule has 0 bridgehead atoms. The number of nitrogens with one attached hydrogen (secondary N) is 1. The largest absolute Gasteiger partial charge is 0.381 e. The second-order valence-electron chi connectivity index (χ2n) is 3.89. The molecule has 0 saturated heterocycles. The van der Waals surface area contributed by atoms with E-state index >= 15 is 0 Å². The van der Waals surface area contributed by atoms with Gasteiger partial charge in [-0.2, -0.15) is 0 Å². The van der Waals surface area contributed by atoms with Crippen LogP contribution in [0.25, 0.3) is 0 Å². The lowest BCUT2D eigenvalue weighted by Gasteiger charge is -2.15. The second-order valence-corrected chi connectivity index (χ2v) is 5.66. The Balaban J connectivity index is 2.07. The lowest BCUT2D eigenvalue weighted by molar-refractivity contribution is 0.694. The van der Waals surface area contributed by atoms with E-state index < -0.39 is 0 Å². The van der Waals surface area contributed by atoms with E-state index in [2.05, 4.69) is 62.3 Å². The third kappa shape index (κ3) is 2.51. The van der Waals surface area contributed by atoms with Gasteiger partial charge in [-0.05, 0) is 59.8 Å². The highest BCUT2D eigenvalue weighted by Gasteiger charge is 2.27. The molecule has 1 saturated carbocycles. The van der Waals surface area contributed by atoms with Crippen LogP contribution in [0.5, 0.6) is 0 Å². The highest BCUT2D eigenvalue weighted by atomic mass is 79.9. The van der Waals surface area contributed by atoms with E-state index in [9.17, 15) is 0 Å². The van der Waals surface area contributed by atoms with Crippen molar-refractivity contribution in [3.8, 4) is 0 Å². The quantitative estimate of drug-likeness (QED) is 0.869. The van der Waals surface area contributed by atoms with Crippen LogP contribution >= 0.6 is 31.9 Å². The van der Waals surface area contributed by atoms with E-state index in [-0.39, 0.29) is 0 Å². The first-order valence-corrected chi connectivity index (χ1v) is 6.47. The fourth-order valence-electron chi connectivity index (χ4n) is 1.57. The van der Waals surface area contributed by atoms with Crippen LogP contribution in [0.3, 0.4) is 0 Å². The standard InChI is InChI=1S/C11H13Br2N/c1-7(8-2-3-8)14-11-5-4-9(12)6-10(11)13/h4-8,14H,2-3H2,1H3. The SMILES string of the molecule is CC(Nc1ccc(Br)cc1Br)C1CC1. The molecule has 0 spiro atoms. The Morgan fingerprint density at radius 1 is 1.36 bits per heavy atom. The Hall–Kier alpha value is -0.0200. The first-order chi connectivity index (χ1) is 6.66. The summed E-state index contributed by atoms with van der Waals surface area (Å²) in [7, 11) is 0. The molecule has 14 heavy (non-hydrogen) atoms. The Morgan fingerprint density at radius 2 is 2.07 bits per heavy atom. The average molecular weight is 319 g/mol. The van der Waals surface area contributed by atoms with Gasteiger partial charge in [-0.3, -0.25) is 0 Å². The van der Waals surface area contributed by atoms with Crippen LogP contribution in [0.1, 0.15) is 19.8 Å². The van der Waals surface area contributed by atoms with E-state index in [1.54, 1.807) is 0 Å². The first-order valence-electron chi connectivity index (χ1n) is 4.88. The van der Waals surface area contributed by atoms with Crippen LogP contribution < -0.4 is 5.32 Å². The number of rotatable bonds is 3. The third-order valence-corrected chi connectivity index (χ3v) is 3.79. The molecule has 0 amide bonds. The summed E-state index contributed by atoms with van der Waals surface area (Å²) >= 11 is 7.00. The van der Waals surface area contributed by atoms with E-state index in [0.29, 0.717) is 6.04 Å². The summed E-state index contributed by atoms with van der Waals surface area (Å²) in [5.74, 6) is 0.880. The molecule has 1 unspecified atom stereocenters. The van der Waals surface area contributed by atoms with E-state index in [1.807, 2.05) is 0 Å². The maximum atomic E-state index is 3.55. The Kier molecular flexibility index (Phi) is 3.17. The summed E-state index contributed by atoms with van der Waals surface area (Å²) in [5, 5.41) is 3.53. The molecule has 1 aromatic rings. The van der Waals surface area contributed by atoms with Crippen molar-refractivity contribution in [1.82, 2.24) is 0 Å². The topological polar surface area (TPSA) is 12.0 Å². The van der Waals surface area contributed by atoms with Crippen molar-refractivity contribution in [1.29, 1.82) is 0 Å². The van der Waals surface area contributed by atoms with Gasteiger partial charge in [-0.1, -0.05) is 15.9 Å². The van der Waals surface area contributed by atoms with Crippen LogP contribution in [0.2, 0.25) is 0 Å². The van der Waals surface area contributed by atoms with Gasteiger partial charge in [0, 0.05) is 20.7 Å². The maximum Gasteiger partial charge on any atom is 0.0487 e. The fourth-order valence-corrected chi connectivity index (χ4v) is 2.73. The summed E-state index contributed by atoms with van der Waals surface area (Å²) in [4.78, 5) is 0. The molecule has 2 rings (SSSR count). The molecule has 1 aliphatic carbocycles. The van der Waals surface area contributed by atoms with Gasteiger partial charge < -0.3 is 5.32 Å². The molecule has 1 aromatic carbocycles. The number of halogens is 2. The first kappa shape index (κ1) is 10.5. The molecule has 1 N–H and O–H groups in total. The molecule has 0 radical (unpaired) electrons. The van der Waals surface area contributed by atoms with Crippen molar-refractivity contribution in [2.45, 2.75) is 25.8 Å². The van der Waals surface area contributed by atoms with Crippen LogP contribution in [-0.4, -0.2) is 6.04 Å². The molecule has 0 heterocycles. The second kappa shape index (κ2) is 4.23. The molecule has 1 aliphatic rings. The minimum atomic E-state index is 0.590. The zero-order chi connectivity index (χ0) is 10.1. The maximum absolute atomic E-state index is 3.55. The summed E-state index contributed by atoms with van der Waals surface area (Å²) in [5.41, 5.74) is 1.19. The summed E-state index contributed by atoms with van der Waals surface area (Å²) < 4.78 is 2.23. The monoisotopic (exact) mass is 317 g/mol. The van der Waals surface area contributed by atoms with Gasteiger partial charge in [-0.25, -0.2) is 0 Å². The Labute approximate surface area is 102 Å². The zero-order valence-corrected chi connectivity index (χ0v) is 11.2. The van der Waals surface area contributed by atoms with Crippen LogP contribution in [-0.2, 0) is 0 Å². The molecule has 1 atom stereocenters. The van der Waals surface area contributed by atoms with Crippen LogP contribution in [0, 0.1) is 5.92 Å². The average Bonchev–Trinajstić information content (AvgIpc) is 2.92. The van der Waals surface area contributed by atoms with Gasteiger partial charge in [-0.15, -0.1) is 0 Å². The Bertz CT molecular complexity index is 334. The predicted octanol–water partition coefficient (Wildman–Crippen LogP) is 4.42. The van der Waals surface area contributed by atoms with Crippen molar-refractivity contribution in [3.63, 3.8) is 0 Å². The minimum Gasteiger partial charge on any atom is -0.381 e. The lowest BCUT2D eigenvalue weighted by atomic mass is 10.2. The van der Waals surface area contributed by atoms with Crippen molar-refractivity contribution in [2.75, 3.05) is 5.32 Å². The highest BCUT2D eigenvalue weighted by molar-refractivity contribution is 9.11. The minimum absolute atomic E-state index is 0.590. The van der Waals surface area contributed by atoms with Crippen molar-refractivity contribution in [3.05, 3.63) is 27.1 Å². The summed E-state index contributed by atoms with van der Waals surface area (Å²) in [6.45, 7) is 2.26. The number of anilines is 1. The molecule has 0 aliphatic heterocycles. The molecule has 1 fully saturated rings. The van der Waals surface area contributed by atoms with Gasteiger partial charge in [0.25, 0.3) is 0 Å². The van der Waals surface area contributed by atoms with Crippen LogP contribution in [0.4, 0.5) is 5.69 Å². The molecule has 0 aromatic heterocycles. The van der Waals surface area contributed by atoms with Crippen molar-refractivity contribution in [2.24, 2.45) is 5.92 Å². The molecular weight excluding hydrogens is 306 g/mol. The van der Waals surface area contributed by atoms with Crippen molar-refractivity contribution >= 4 is 37.5 Å². The molecule has 76 valence electrons. The molecule has 1 nitrogen and oxygen atoms in total. The predicted molar refractivity (Wildman–Crippen MR) is 67.7 cm³/mol. The fraction of sp³-hybridized carbons (Fsp3) is 0.455. The van der Waals surface area contributed by atoms with E-state index in [1.165, 1.54) is 18.5 Å². The van der Waals surface area contributed by atoms with Gasteiger partial charge in [0.2, 0.25) is 0 Å². The summed E-state index contributed by atoms with van der Waals surface area (Å²) in [6, 6.07) is 6.83. The molecule has 3 heteroatoms.